The van der Waals surface area contributed by atoms with E-state index in [1.54, 1.807) is 24.8 Å². The second-order valence-corrected chi connectivity index (χ2v) is 11.8. The van der Waals surface area contributed by atoms with Gasteiger partial charge in [-0.1, -0.05) is 6.42 Å². The Kier molecular flexibility index (Phi) is 5.85. The molecule has 0 saturated carbocycles. The van der Waals surface area contributed by atoms with Gasteiger partial charge in [0.15, 0.2) is 0 Å². The highest BCUT2D eigenvalue weighted by atomic mass is 32.1. The number of rotatable bonds is 5. The van der Waals surface area contributed by atoms with Crippen molar-refractivity contribution >= 4 is 45.2 Å². The zero-order valence-corrected chi connectivity index (χ0v) is 22.0. The number of aliphatic imine (C=N–C) groups is 1. The van der Waals surface area contributed by atoms with E-state index in [2.05, 4.69) is 36.1 Å². The SMILES string of the molecule is COc1cc2c(cc1Nc1ncnc3sc4c(c13)CC[C@H](C(=O)N1CC(N3CCCCC3)C1)C4)C=NC2. The van der Waals surface area contributed by atoms with Crippen LogP contribution in [0, 0.1) is 5.92 Å². The first-order valence-corrected chi connectivity index (χ1v) is 14.3. The average molecular weight is 517 g/mol. The van der Waals surface area contributed by atoms with Gasteiger partial charge < -0.3 is 15.0 Å². The molecule has 2 saturated heterocycles. The lowest BCUT2D eigenvalue weighted by molar-refractivity contribution is -0.143. The summed E-state index contributed by atoms with van der Waals surface area (Å²) >= 11 is 1.71. The van der Waals surface area contributed by atoms with E-state index < -0.39 is 0 Å². The molecule has 37 heavy (non-hydrogen) atoms. The molecule has 1 aromatic carbocycles. The molecule has 0 bridgehead atoms. The Balaban J connectivity index is 1.10. The van der Waals surface area contributed by atoms with E-state index in [0.717, 1.165) is 65.4 Å². The minimum Gasteiger partial charge on any atom is -0.495 e. The quantitative estimate of drug-likeness (QED) is 0.548. The van der Waals surface area contributed by atoms with Crippen molar-refractivity contribution in [3.63, 3.8) is 0 Å². The van der Waals surface area contributed by atoms with Gasteiger partial charge in [-0.25, -0.2) is 9.97 Å². The van der Waals surface area contributed by atoms with E-state index in [9.17, 15) is 4.79 Å². The van der Waals surface area contributed by atoms with Crippen LogP contribution in [0.1, 0.15) is 47.3 Å². The summed E-state index contributed by atoms with van der Waals surface area (Å²) in [5, 5.41) is 4.61. The fraction of sp³-hybridized carbons (Fsp3) is 0.500. The van der Waals surface area contributed by atoms with Crippen LogP contribution in [-0.2, 0) is 24.2 Å². The van der Waals surface area contributed by atoms with Crippen molar-refractivity contribution in [2.24, 2.45) is 10.9 Å². The van der Waals surface area contributed by atoms with Gasteiger partial charge in [0, 0.05) is 36.1 Å². The Hall–Kier alpha value is -3.04. The number of carbonyl (C=O) groups excluding carboxylic acids is 1. The highest BCUT2D eigenvalue weighted by Crippen LogP contribution is 2.42. The molecule has 2 fully saturated rings. The van der Waals surface area contributed by atoms with Gasteiger partial charge in [0.25, 0.3) is 0 Å². The van der Waals surface area contributed by atoms with E-state index >= 15 is 0 Å². The molecule has 7 rings (SSSR count). The van der Waals surface area contributed by atoms with Crippen LogP contribution in [0.25, 0.3) is 10.2 Å². The molecule has 5 heterocycles. The molecule has 9 heteroatoms. The van der Waals surface area contributed by atoms with Crippen molar-refractivity contribution in [2.45, 2.75) is 51.1 Å². The number of anilines is 2. The zero-order chi connectivity index (χ0) is 24.9. The van der Waals surface area contributed by atoms with Crippen LogP contribution in [0.4, 0.5) is 11.5 Å². The standard InChI is InChI=1S/C28H32N6O2S/c1-36-23-10-19-13-29-12-18(19)9-22(23)32-26-25-21-6-5-17(11-24(21)37-27(25)31-16-30-26)28(35)34-14-20(15-34)33-7-3-2-4-8-33/h9-10,12,16-17,20H,2-8,11,13-15H2,1H3,(H,30,31,32)/t17-/m0/s1. The number of hydrogen-bond donors (Lipinski definition) is 1. The fourth-order valence-electron chi connectivity index (χ4n) is 6.36. The molecular formula is C28H32N6O2S. The van der Waals surface area contributed by atoms with Crippen LogP contribution in [0.3, 0.4) is 0 Å². The van der Waals surface area contributed by atoms with E-state index in [1.807, 2.05) is 12.3 Å². The Bertz CT molecular complexity index is 1390. The normalized spacial score (nSPS) is 21.5. The molecule has 8 nitrogen and oxygen atoms in total. The summed E-state index contributed by atoms with van der Waals surface area (Å²) in [5.74, 6) is 1.99. The number of amides is 1. The molecule has 0 radical (unpaired) electrons. The summed E-state index contributed by atoms with van der Waals surface area (Å²) in [4.78, 5) is 33.9. The predicted molar refractivity (Wildman–Crippen MR) is 146 cm³/mol. The molecule has 2 aromatic heterocycles. The van der Waals surface area contributed by atoms with Crippen LogP contribution in [0.2, 0.25) is 0 Å². The fourth-order valence-corrected chi connectivity index (χ4v) is 7.62. The Morgan fingerprint density at radius 1 is 1.16 bits per heavy atom. The van der Waals surface area contributed by atoms with Gasteiger partial charge in [0.2, 0.25) is 5.91 Å². The van der Waals surface area contributed by atoms with Gasteiger partial charge in [-0.3, -0.25) is 14.7 Å². The summed E-state index contributed by atoms with van der Waals surface area (Å²) in [6, 6.07) is 4.70. The maximum Gasteiger partial charge on any atom is 0.226 e. The number of ether oxygens (including phenoxy) is 1. The number of fused-ring (bicyclic) bond motifs is 4. The zero-order valence-electron chi connectivity index (χ0n) is 21.2. The van der Waals surface area contributed by atoms with Gasteiger partial charge in [0.05, 0.1) is 24.7 Å². The molecule has 192 valence electrons. The van der Waals surface area contributed by atoms with Crippen LogP contribution < -0.4 is 10.1 Å². The third-order valence-corrected chi connectivity index (χ3v) is 9.64. The maximum absolute atomic E-state index is 13.4. The minimum atomic E-state index is 0.0725. The third-order valence-electron chi connectivity index (χ3n) is 8.48. The minimum absolute atomic E-state index is 0.0725. The average Bonchev–Trinajstić information content (AvgIpc) is 3.51. The van der Waals surface area contributed by atoms with Gasteiger partial charge >= 0.3 is 0 Å². The van der Waals surface area contributed by atoms with Crippen molar-refractivity contribution in [3.05, 3.63) is 40.0 Å². The van der Waals surface area contributed by atoms with Crippen molar-refractivity contribution in [1.82, 2.24) is 19.8 Å². The number of methoxy groups -OCH3 is 1. The van der Waals surface area contributed by atoms with Crippen molar-refractivity contribution in [1.29, 1.82) is 0 Å². The highest BCUT2D eigenvalue weighted by Gasteiger charge is 2.39. The maximum atomic E-state index is 13.4. The Morgan fingerprint density at radius 3 is 2.86 bits per heavy atom. The number of benzene rings is 1. The monoisotopic (exact) mass is 516 g/mol. The Morgan fingerprint density at radius 2 is 2.03 bits per heavy atom. The number of nitrogens with zero attached hydrogens (tertiary/aromatic N) is 5. The summed E-state index contributed by atoms with van der Waals surface area (Å²) < 4.78 is 5.67. The van der Waals surface area contributed by atoms with Gasteiger partial charge in [-0.05, 0) is 74.0 Å². The first-order valence-electron chi connectivity index (χ1n) is 13.4. The lowest BCUT2D eigenvalue weighted by atomic mass is 9.86. The lowest BCUT2D eigenvalue weighted by Crippen LogP contribution is -2.63. The van der Waals surface area contributed by atoms with Crippen molar-refractivity contribution in [2.75, 3.05) is 38.6 Å². The van der Waals surface area contributed by atoms with Crippen molar-refractivity contribution < 1.29 is 9.53 Å². The van der Waals surface area contributed by atoms with E-state index in [4.69, 9.17) is 4.74 Å². The van der Waals surface area contributed by atoms with Crippen LogP contribution in [0.15, 0.2) is 23.5 Å². The van der Waals surface area contributed by atoms with E-state index in [1.165, 1.54) is 48.4 Å². The molecule has 0 spiro atoms. The number of nitrogens with one attached hydrogen (secondary N) is 1. The summed E-state index contributed by atoms with van der Waals surface area (Å²) in [7, 11) is 1.69. The number of thiophene rings is 1. The van der Waals surface area contributed by atoms with Gasteiger partial charge in [-0.2, -0.15) is 0 Å². The molecule has 3 aromatic rings. The first-order chi connectivity index (χ1) is 18.2. The Labute approximate surface area is 220 Å². The van der Waals surface area contributed by atoms with Crippen LogP contribution in [0.5, 0.6) is 5.75 Å². The molecule has 1 aliphatic carbocycles. The molecule has 1 amide bonds. The summed E-state index contributed by atoms with van der Waals surface area (Å²) in [6.07, 6.45) is 10.1. The highest BCUT2D eigenvalue weighted by molar-refractivity contribution is 7.19. The molecule has 1 atom stereocenters. The largest absolute Gasteiger partial charge is 0.495 e. The molecule has 4 aliphatic rings. The van der Waals surface area contributed by atoms with Crippen LogP contribution >= 0.6 is 11.3 Å². The third kappa shape index (κ3) is 4.08. The van der Waals surface area contributed by atoms with Crippen LogP contribution in [-0.4, -0.2) is 71.2 Å². The van der Waals surface area contributed by atoms with Gasteiger partial charge in [-0.15, -0.1) is 11.3 Å². The number of carbonyl (C=O) groups is 1. The molecule has 0 unspecified atom stereocenters. The molecule has 3 aliphatic heterocycles. The second kappa shape index (κ2) is 9.36. The van der Waals surface area contributed by atoms with E-state index in [-0.39, 0.29) is 5.92 Å². The number of hydrogen-bond acceptors (Lipinski definition) is 8. The predicted octanol–water partition coefficient (Wildman–Crippen LogP) is 4.18. The van der Waals surface area contributed by atoms with Gasteiger partial charge in [0.1, 0.15) is 22.7 Å². The molecule has 1 N–H and O–H groups in total. The smallest absolute Gasteiger partial charge is 0.226 e. The summed E-state index contributed by atoms with van der Waals surface area (Å²) in [5.41, 5.74) is 4.45. The topological polar surface area (TPSA) is 82.9 Å². The number of piperidine rings is 1. The summed E-state index contributed by atoms with van der Waals surface area (Å²) in [6.45, 7) is 4.90. The molecular weight excluding hydrogens is 484 g/mol. The first kappa shape index (κ1) is 23.1. The van der Waals surface area contributed by atoms with Crippen molar-refractivity contribution in [3.8, 4) is 5.75 Å². The number of likely N-dealkylation sites (tertiary alicyclic amines) is 2. The van der Waals surface area contributed by atoms with E-state index in [0.29, 0.717) is 18.5 Å². The number of aromatic nitrogens is 2. The lowest BCUT2D eigenvalue weighted by Gasteiger charge is -2.47. The second-order valence-electron chi connectivity index (χ2n) is 10.7. The number of aryl methyl sites for hydroxylation is 1.